The Hall–Kier alpha value is -2.41. The Balaban J connectivity index is 2.09. The van der Waals surface area contributed by atoms with Gasteiger partial charge in [-0.05, 0) is 37.6 Å². The molecule has 0 spiro atoms. The van der Waals surface area contributed by atoms with E-state index in [-0.39, 0.29) is 17.2 Å². The Morgan fingerprint density at radius 3 is 2.56 bits per heavy atom. The van der Waals surface area contributed by atoms with Crippen molar-refractivity contribution in [1.29, 1.82) is 0 Å². The molecular formula is C18H21N3O3S. The minimum Gasteiger partial charge on any atom is -0.326 e. The number of hydrogen-bond acceptors (Lipinski definition) is 5. The van der Waals surface area contributed by atoms with Crippen molar-refractivity contribution in [2.45, 2.75) is 44.0 Å². The fourth-order valence-corrected chi connectivity index (χ4v) is 3.21. The van der Waals surface area contributed by atoms with Crippen molar-refractivity contribution >= 4 is 29.1 Å². The van der Waals surface area contributed by atoms with Crippen molar-refractivity contribution in [3.63, 3.8) is 0 Å². The first-order chi connectivity index (χ1) is 11.9. The third-order valence-corrected chi connectivity index (χ3v) is 4.41. The van der Waals surface area contributed by atoms with Gasteiger partial charge in [0, 0.05) is 29.9 Å². The normalized spacial score (nSPS) is 11.8. The molecule has 0 radical (unpaired) electrons. The lowest BCUT2D eigenvalue weighted by molar-refractivity contribution is -0.114. The summed E-state index contributed by atoms with van der Waals surface area (Å²) in [6, 6.07) is 8.21. The smallest absolute Gasteiger partial charge is 0.251 e. The lowest BCUT2D eigenvalue weighted by Gasteiger charge is -2.11. The molecule has 0 aliphatic carbocycles. The number of carbonyl (C=O) groups excluding carboxylic acids is 2. The van der Waals surface area contributed by atoms with Gasteiger partial charge in [-0.2, -0.15) is 0 Å². The maximum absolute atomic E-state index is 12.6. The summed E-state index contributed by atoms with van der Waals surface area (Å²) in [6.45, 7) is 5.23. The molecule has 1 aromatic carbocycles. The average Bonchev–Trinajstić information content (AvgIpc) is 2.54. The van der Waals surface area contributed by atoms with Crippen molar-refractivity contribution < 1.29 is 9.59 Å². The van der Waals surface area contributed by atoms with Crippen molar-refractivity contribution in [2.24, 2.45) is 0 Å². The highest BCUT2D eigenvalue weighted by molar-refractivity contribution is 8.00. The van der Waals surface area contributed by atoms with Gasteiger partial charge >= 0.3 is 0 Å². The third-order valence-electron chi connectivity index (χ3n) is 3.43. The van der Waals surface area contributed by atoms with Gasteiger partial charge in [0.05, 0.1) is 5.25 Å². The topological polar surface area (TPSA) is 91.9 Å². The fourth-order valence-electron chi connectivity index (χ4n) is 2.30. The molecule has 1 atom stereocenters. The van der Waals surface area contributed by atoms with Crippen LogP contribution >= 0.6 is 11.8 Å². The highest BCUT2D eigenvalue weighted by atomic mass is 32.2. The van der Waals surface area contributed by atoms with Gasteiger partial charge in [-0.25, -0.2) is 4.98 Å². The second-order valence-corrected chi connectivity index (χ2v) is 7.00. The van der Waals surface area contributed by atoms with E-state index in [4.69, 9.17) is 0 Å². The Kier molecular flexibility index (Phi) is 6.52. The van der Waals surface area contributed by atoms with E-state index in [0.717, 1.165) is 18.5 Å². The van der Waals surface area contributed by atoms with Crippen LogP contribution in [0.2, 0.25) is 0 Å². The van der Waals surface area contributed by atoms with E-state index in [9.17, 15) is 14.4 Å². The molecule has 1 aromatic heterocycles. The Morgan fingerprint density at radius 2 is 1.96 bits per heavy atom. The quantitative estimate of drug-likeness (QED) is 0.450. The predicted molar refractivity (Wildman–Crippen MR) is 99.2 cm³/mol. The average molecular weight is 359 g/mol. The second-order valence-electron chi connectivity index (χ2n) is 5.67. The number of aryl methyl sites for hydroxylation is 1. The summed E-state index contributed by atoms with van der Waals surface area (Å²) in [7, 11) is 0. The Labute approximate surface area is 150 Å². The summed E-state index contributed by atoms with van der Waals surface area (Å²) in [5.74, 6) is -0.229. The maximum atomic E-state index is 12.6. The van der Waals surface area contributed by atoms with Crippen LogP contribution in [-0.2, 0) is 11.2 Å². The van der Waals surface area contributed by atoms with Crippen LogP contribution in [0.5, 0.6) is 0 Å². The number of ketones is 1. The van der Waals surface area contributed by atoms with E-state index >= 15 is 0 Å². The van der Waals surface area contributed by atoms with Crippen molar-refractivity contribution in [3.8, 4) is 0 Å². The summed E-state index contributed by atoms with van der Waals surface area (Å²) in [5.41, 5.74) is 1.71. The van der Waals surface area contributed by atoms with E-state index in [2.05, 4.69) is 15.3 Å². The van der Waals surface area contributed by atoms with Gasteiger partial charge < -0.3 is 10.3 Å². The first-order valence-corrected chi connectivity index (χ1v) is 8.95. The van der Waals surface area contributed by atoms with Gasteiger partial charge in [-0.15, -0.1) is 0 Å². The molecule has 2 N–H and O–H groups in total. The molecule has 0 aliphatic heterocycles. The molecule has 0 saturated carbocycles. The number of hydrogen-bond donors (Lipinski definition) is 2. The van der Waals surface area contributed by atoms with Crippen LogP contribution in [0.15, 0.2) is 40.3 Å². The summed E-state index contributed by atoms with van der Waals surface area (Å²) in [6.07, 6.45) is 1.63. The van der Waals surface area contributed by atoms with Gasteiger partial charge in [-0.3, -0.25) is 14.4 Å². The Bertz CT molecular complexity index is 815. The highest BCUT2D eigenvalue weighted by Gasteiger charge is 2.18. The zero-order chi connectivity index (χ0) is 18.4. The number of anilines is 1. The minimum atomic E-state index is -0.397. The number of thioether (sulfide) groups is 1. The first kappa shape index (κ1) is 18.9. The molecular weight excluding hydrogens is 338 g/mol. The van der Waals surface area contributed by atoms with Crippen LogP contribution in [0.3, 0.4) is 0 Å². The van der Waals surface area contributed by atoms with Crippen LogP contribution < -0.4 is 10.9 Å². The largest absolute Gasteiger partial charge is 0.326 e. The van der Waals surface area contributed by atoms with Gasteiger partial charge in [0.15, 0.2) is 10.9 Å². The number of carbonyl (C=O) groups is 2. The van der Waals surface area contributed by atoms with Gasteiger partial charge in [0.2, 0.25) is 5.91 Å². The van der Waals surface area contributed by atoms with Crippen LogP contribution in [0, 0.1) is 0 Å². The number of aromatic amines is 1. The molecule has 7 heteroatoms. The number of amides is 1. The standard InChI is InChI=1S/C18H21N3O3S/c1-4-5-15-10-16(23)21-18(20-15)25-11(2)17(24)13-6-8-14(9-7-13)19-12(3)22/h6-11H,4-5H2,1-3H3,(H,19,22)(H,20,21,23)/t11-/m0/s1. The number of benzene rings is 1. The molecule has 0 saturated heterocycles. The molecule has 25 heavy (non-hydrogen) atoms. The number of H-pyrrole nitrogens is 1. The predicted octanol–water partition coefficient (Wildman–Crippen LogP) is 3.04. The van der Waals surface area contributed by atoms with E-state index in [0.29, 0.717) is 16.4 Å². The van der Waals surface area contributed by atoms with E-state index < -0.39 is 5.25 Å². The number of nitrogens with one attached hydrogen (secondary N) is 2. The van der Waals surface area contributed by atoms with E-state index in [1.54, 1.807) is 31.2 Å². The molecule has 2 aromatic rings. The molecule has 0 bridgehead atoms. The van der Waals surface area contributed by atoms with Crippen molar-refractivity contribution in [3.05, 3.63) is 51.9 Å². The van der Waals surface area contributed by atoms with Crippen LogP contribution in [0.1, 0.15) is 43.2 Å². The third kappa shape index (κ3) is 5.56. The van der Waals surface area contributed by atoms with Gasteiger partial charge in [-0.1, -0.05) is 25.1 Å². The van der Waals surface area contributed by atoms with Crippen LogP contribution in [-0.4, -0.2) is 26.9 Å². The molecule has 132 valence electrons. The molecule has 0 fully saturated rings. The summed E-state index contributed by atoms with van der Waals surface area (Å²) in [4.78, 5) is 42.3. The monoisotopic (exact) mass is 359 g/mol. The lowest BCUT2D eigenvalue weighted by Crippen LogP contribution is -2.16. The molecule has 6 nitrogen and oxygen atoms in total. The molecule has 1 amide bonds. The number of rotatable bonds is 7. The zero-order valence-electron chi connectivity index (χ0n) is 14.5. The minimum absolute atomic E-state index is 0.0667. The van der Waals surface area contributed by atoms with E-state index in [1.807, 2.05) is 6.92 Å². The maximum Gasteiger partial charge on any atom is 0.251 e. The fraction of sp³-hybridized carbons (Fsp3) is 0.333. The molecule has 0 aliphatic rings. The number of aromatic nitrogens is 2. The SMILES string of the molecule is CCCc1cc(=O)[nH]c(S[C@@H](C)C(=O)c2ccc(NC(C)=O)cc2)n1. The van der Waals surface area contributed by atoms with Gasteiger partial charge in [0.25, 0.3) is 5.56 Å². The summed E-state index contributed by atoms with van der Waals surface area (Å²) in [5, 5.41) is 2.71. The molecule has 2 rings (SSSR count). The highest BCUT2D eigenvalue weighted by Crippen LogP contribution is 2.23. The van der Waals surface area contributed by atoms with Crippen molar-refractivity contribution in [1.82, 2.24) is 9.97 Å². The second kappa shape index (κ2) is 8.62. The van der Waals surface area contributed by atoms with E-state index in [1.165, 1.54) is 24.8 Å². The van der Waals surface area contributed by atoms with Gasteiger partial charge in [0.1, 0.15) is 0 Å². The molecule has 1 heterocycles. The summed E-state index contributed by atoms with van der Waals surface area (Å²) >= 11 is 1.23. The zero-order valence-corrected chi connectivity index (χ0v) is 15.3. The molecule has 0 unspecified atom stereocenters. The Morgan fingerprint density at radius 1 is 1.28 bits per heavy atom. The summed E-state index contributed by atoms with van der Waals surface area (Å²) < 4.78 is 0. The number of nitrogens with zero attached hydrogens (tertiary/aromatic N) is 1. The first-order valence-electron chi connectivity index (χ1n) is 8.07. The van der Waals surface area contributed by atoms with Crippen molar-refractivity contribution in [2.75, 3.05) is 5.32 Å². The lowest BCUT2D eigenvalue weighted by atomic mass is 10.1. The number of Topliss-reactive ketones (excluding diaryl/α,β-unsaturated/α-hetero) is 1. The van der Waals surface area contributed by atoms with Crippen LogP contribution in [0.4, 0.5) is 5.69 Å². The van der Waals surface area contributed by atoms with Crippen LogP contribution in [0.25, 0.3) is 0 Å².